The minimum Gasteiger partial charge on any atom is -0.358 e. The van der Waals surface area contributed by atoms with Gasteiger partial charge in [0.25, 0.3) is 0 Å². The van der Waals surface area contributed by atoms with E-state index in [0.29, 0.717) is 5.56 Å². The van der Waals surface area contributed by atoms with Gasteiger partial charge in [-0.05, 0) is 17.7 Å². The zero-order valence-electron chi connectivity index (χ0n) is 7.42. The molecule has 15 heavy (non-hydrogen) atoms. The topological polar surface area (TPSA) is 78.6 Å². The second-order valence-corrected chi connectivity index (χ2v) is 3.39. The Balaban J connectivity index is 0.00000196. The van der Waals surface area contributed by atoms with Crippen LogP contribution in [0.5, 0.6) is 5.75 Å². The van der Waals surface area contributed by atoms with Gasteiger partial charge in [-0.25, -0.2) is 5.90 Å². The lowest BCUT2D eigenvalue weighted by Crippen LogP contribution is -2.02. The van der Waals surface area contributed by atoms with Crippen LogP contribution in [0.2, 0.25) is 0 Å². The molecule has 0 radical (unpaired) electrons. The van der Waals surface area contributed by atoms with Crippen LogP contribution in [0.1, 0.15) is 5.56 Å². The standard InChI is InChI=1S/C7H8FNO4S.ClH/c8-14(10,11)13-7-3-1-2-6(4-7)5-12-9;/h1-4H,5,9H2;1H. The van der Waals surface area contributed by atoms with Crippen LogP contribution in [0.25, 0.3) is 0 Å². The van der Waals surface area contributed by atoms with Crippen molar-refractivity contribution in [1.29, 1.82) is 0 Å². The summed E-state index contributed by atoms with van der Waals surface area (Å²) in [6.07, 6.45) is 0. The van der Waals surface area contributed by atoms with Crippen LogP contribution >= 0.6 is 12.4 Å². The summed E-state index contributed by atoms with van der Waals surface area (Å²) < 4.78 is 36.3. The van der Waals surface area contributed by atoms with Crippen molar-refractivity contribution in [3.05, 3.63) is 29.8 Å². The Morgan fingerprint density at radius 1 is 1.40 bits per heavy atom. The van der Waals surface area contributed by atoms with Crippen LogP contribution in [0.15, 0.2) is 24.3 Å². The highest BCUT2D eigenvalue weighted by molar-refractivity contribution is 7.81. The molecule has 0 spiro atoms. The van der Waals surface area contributed by atoms with Crippen LogP contribution in [0, 0.1) is 0 Å². The molecule has 1 aromatic carbocycles. The van der Waals surface area contributed by atoms with Gasteiger partial charge in [0.1, 0.15) is 5.75 Å². The van der Waals surface area contributed by atoms with E-state index in [2.05, 4.69) is 9.02 Å². The van der Waals surface area contributed by atoms with E-state index in [4.69, 9.17) is 5.90 Å². The summed E-state index contributed by atoms with van der Waals surface area (Å²) in [6, 6.07) is 5.74. The molecule has 0 aliphatic heterocycles. The van der Waals surface area contributed by atoms with Gasteiger partial charge in [-0.2, -0.15) is 8.42 Å². The van der Waals surface area contributed by atoms with Crippen molar-refractivity contribution in [3.63, 3.8) is 0 Å². The van der Waals surface area contributed by atoms with Gasteiger partial charge >= 0.3 is 10.5 Å². The predicted octanol–water partition coefficient (Wildman–Crippen LogP) is 1.09. The highest BCUT2D eigenvalue weighted by Gasteiger charge is 2.09. The number of halogens is 2. The molecule has 0 heterocycles. The Labute approximate surface area is 92.8 Å². The van der Waals surface area contributed by atoms with Gasteiger partial charge < -0.3 is 4.18 Å². The van der Waals surface area contributed by atoms with Crippen molar-refractivity contribution in [2.75, 3.05) is 0 Å². The SMILES string of the molecule is Cl.NOCc1cccc(OS(=O)(=O)F)c1. The monoisotopic (exact) mass is 257 g/mol. The Hall–Kier alpha value is -0.890. The number of hydrogen-bond acceptors (Lipinski definition) is 5. The van der Waals surface area contributed by atoms with E-state index in [1.165, 1.54) is 18.2 Å². The van der Waals surface area contributed by atoms with E-state index < -0.39 is 10.5 Å². The Bertz CT molecular complexity index is 411. The molecule has 0 saturated carbocycles. The maximum Gasteiger partial charge on any atom is 0.488 e. The van der Waals surface area contributed by atoms with Gasteiger partial charge in [-0.3, -0.25) is 4.84 Å². The number of benzene rings is 1. The largest absolute Gasteiger partial charge is 0.488 e. The quantitative estimate of drug-likeness (QED) is 0.645. The van der Waals surface area contributed by atoms with E-state index in [0.717, 1.165) is 0 Å². The molecule has 0 fully saturated rings. The Kier molecular flexibility index (Phi) is 5.51. The maximum absolute atomic E-state index is 12.1. The molecule has 1 aromatic rings. The van der Waals surface area contributed by atoms with Crippen molar-refractivity contribution >= 4 is 22.9 Å². The second-order valence-electron chi connectivity index (χ2n) is 2.43. The third-order valence-electron chi connectivity index (χ3n) is 1.34. The van der Waals surface area contributed by atoms with Gasteiger partial charge in [0.15, 0.2) is 0 Å². The highest BCUT2D eigenvalue weighted by Crippen LogP contribution is 2.16. The normalized spacial score (nSPS) is 10.5. The van der Waals surface area contributed by atoms with Crippen LogP contribution in [-0.4, -0.2) is 8.42 Å². The molecule has 0 aliphatic rings. The zero-order chi connectivity index (χ0) is 10.6. The molecule has 2 N–H and O–H groups in total. The smallest absolute Gasteiger partial charge is 0.358 e. The first kappa shape index (κ1) is 14.1. The molecule has 1 rings (SSSR count). The summed E-state index contributed by atoms with van der Waals surface area (Å²) in [5, 5.41) is 0. The molecule has 0 atom stereocenters. The predicted molar refractivity (Wildman–Crippen MR) is 53.3 cm³/mol. The van der Waals surface area contributed by atoms with Crippen LogP contribution in [-0.2, 0) is 21.9 Å². The fraction of sp³-hybridized carbons (Fsp3) is 0.143. The summed E-state index contributed by atoms with van der Waals surface area (Å²) in [5.41, 5.74) is 0.577. The molecule has 8 heteroatoms. The first-order valence-electron chi connectivity index (χ1n) is 3.56. The van der Waals surface area contributed by atoms with Gasteiger partial charge in [0.05, 0.1) is 6.61 Å². The Morgan fingerprint density at radius 3 is 2.60 bits per heavy atom. The maximum atomic E-state index is 12.1. The van der Waals surface area contributed by atoms with Crippen molar-refractivity contribution in [2.24, 2.45) is 5.90 Å². The number of hydrogen-bond donors (Lipinski definition) is 1. The third kappa shape index (κ3) is 5.53. The molecule has 0 aromatic heterocycles. The van der Waals surface area contributed by atoms with Gasteiger partial charge in [-0.1, -0.05) is 16.0 Å². The lowest BCUT2D eigenvalue weighted by atomic mass is 10.2. The van der Waals surface area contributed by atoms with Gasteiger partial charge in [0, 0.05) is 0 Å². The molecular weight excluding hydrogens is 249 g/mol. The molecule has 0 saturated heterocycles. The van der Waals surface area contributed by atoms with E-state index in [1.54, 1.807) is 6.07 Å². The van der Waals surface area contributed by atoms with Crippen molar-refractivity contribution in [2.45, 2.75) is 6.61 Å². The lowest BCUT2D eigenvalue weighted by Gasteiger charge is -2.02. The molecule has 5 nitrogen and oxygen atoms in total. The van der Waals surface area contributed by atoms with Gasteiger partial charge in [-0.15, -0.1) is 12.4 Å². The molecule has 0 bridgehead atoms. The van der Waals surface area contributed by atoms with Crippen molar-refractivity contribution < 1.29 is 21.3 Å². The molecular formula is C7H9ClFNO4S. The molecule has 0 aliphatic carbocycles. The molecule has 0 amide bonds. The second kappa shape index (κ2) is 5.86. The van der Waals surface area contributed by atoms with Crippen molar-refractivity contribution in [3.8, 4) is 5.75 Å². The zero-order valence-corrected chi connectivity index (χ0v) is 9.05. The number of nitrogens with two attached hydrogens (primary N) is 1. The van der Waals surface area contributed by atoms with Crippen LogP contribution in [0.3, 0.4) is 0 Å². The summed E-state index contributed by atoms with van der Waals surface area (Å²) in [5.74, 6) is 4.68. The average Bonchev–Trinajstić information content (AvgIpc) is 2.02. The van der Waals surface area contributed by atoms with Crippen LogP contribution in [0.4, 0.5) is 3.89 Å². The van der Waals surface area contributed by atoms with E-state index in [1.807, 2.05) is 0 Å². The minimum atomic E-state index is -4.98. The summed E-state index contributed by atoms with van der Waals surface area (Å²) >= 11 is 0. The molecule has 0 unspecified atom stereocenters. The van der Waals surface area contributed by atoms with Gasteiger partial charge in [0.2, 0.25) is 0 Å². The summed E-state index contributed by atoms with van der Waals surface area (Å²) in [6.45, 7) is 0.0868. The Morgan fingerprint density at radius 2 is 2.07 bits per heavy atom. The first-order chi connectivity index (χ1) is 6.51. The van der Waals surface area contributed by atoms with E-state index >= 15 is 0 Å². The number of rotatable bonds is 4. The molecule has 86 valence electrons. The minimum absolute atomic E-state index is 0. The fourth-order valence-corrected chi connectivity index (χ4v) is 1.23. The third-order valence-corrected chi connectivity index (χ3v) is 1.74. The van der Waals surface area contributed by atoms with E-state index in [-0.39, 0.29) is 24.8 Å². The fourth-order valence-electron chi connectivity index (χ4n) is 0.898. The van der Waals surface area contributed by atoms with Crippen LogP contribution < -0.4 is 10.1 Å². The average molecular weight is 258 g/mol. The highest BCUT2D eigenvalue weighted by atomic mass is 35.5. The summed E-state index contributed by atoms with van der Waals surface area (Å²) in [4.78, 5) is 4.31. The van der Waals surface area contributed by atoms with E-state index in [9.17, 15) is 12.3 Å². The lowest BCUT2D eigenvalue weighted by molar-refractivity contribution is 0.124. The first-order valence-corrected chi connectivity index (χ1v) is 4.87. The van der Waals surface area contributed by atoms with Crippen molar-refractivity contribution in [1.82, 2.24) is 0 Å². The summed E-state index contributed by atoms with van der Waals surface area (Å²) in [7, 11) is -4.98.